The quantitative estimate of drug-likeness (QED) is 0.728. The first-order valence-electron chi connectivity index (χ1n) is 4.10. The van der Waals surface area contributed by atoms with E-state index in [9.17, 15) is 0 Å². The molecule has 0 saturated carbocycles. The molecule has 0 radical (unpaired) electrons. The van der Waals surface area contributed by atoms with Crippen LogP contribution in [0.1, 0.15) is 0 Å². The molecule has 0 bridgehead atoms. The van der Waals surface area contributed by atoms with E-state index in [0.717, 1.165) is 11.3 Å². The lowest BCUT2D eigenvalue weighted by Gasteiger charge is -2.02. The van der Waals surface area contributed by atoms with Crippen LogP contribution in [-0.4, -0.2) is 9.97 Å². The lowest BCUT2D eigenvalue weighted by Crippen LogP contribution is -1.90. The van der Waals surface area contributed by atoms with Gasteiger partial charge in [-0.25, -0.2) is 4.98 Å². The van der Waals surface area contributed by atoms with Gasteiger partial charge in [0.15, 0.2) is 5.15 Å². The number of rotatable bonds is 1. The Bertz CT molecular complexity index is 442. The summed E-state index contributed by atoms with van der Waals surface area (Å²) in [5, 5.41) is 0.333. The minimum absolute atomic E-state index is 0.333. The Morgan fingerprint density at radius 2 is 1.79 bits per heavy atom. The number of halogens is 1. The van der Waals surface area contributed by atoms with Crippen LogP contribution in [0.3, 0.4) is 0 Å². The molecule has 0 amide bonds. The predicted octanol–water partition coefficient (Wildman–Crippen LogP) is 2.38. The van der Waals surface area contributed by atoms with Crippen molar-refractivity contribution in [3.63, 3.8) is 0 Å². The number of aromatic nitrogens is 2. The summed E-state index contributed by atoms with van der Waals surface area (Å²) in [6.07, 6.45) is 3.42. The van der Waals surface area contributed by atoms with Crippen LogP contribution in [0.25, 0.3) is 11.3 Å². The van der Waals surface area contributed by atoms with E-state index in [1.165, 1.54) is 0 Å². The zero-order valence-corrected chi connectivity index (χ0v) is 8.07. The SMILES string of the molecule is Nc1ccc(-c2ccncc2)nc1Cl. The third kappa shape index (κ3) is 1.67. The third-order valence-electron chi connectivity index (χ3n) is 1.85. The number of anilines is 1. The fourth-order valence-corrected chi connectivity index (χ4v) is 1.28. The van der Waals surface area contributed by atoms with Gasteiger partial charge in [-0.2, -0.15) is 0 Å². The molecule has 4 heteroatoms. The molecule has 2 heterocycles. The minimum atomic E-state index is 0.333. The molecule has 2 aromatic heterocycles. The van der Waals surface area contributed by atoms with Crippen molar-refractivity contribution in [3.8, 4) is 11.3 Å². The van der Waals surface area contributed by atoms with Gasteiger partial charge in [0.05, 0.1) is 11.4 Å². The first kappa shape index (κ1) is 8.97. The maximum absolute atomic E-state index is 5.81. The summed E-state index contributed by atoms with van der Waals surface area (Å²) in [6.45, 7) is 0. The average molecular weight is 206 g/mol. The van der Waals surface area contributed by atoms with Crippen LogP contribution in [0, 0.1) is 0 Å². The van der Waals surface area contributed by atoms with Crippen molar-refractivity contribution in [2.45, 2.75) is 0 Å². The molecule has 0 aliphatic carbocycles. The highest BCUT2D eigenvalue weighted by molar-refractivity contribution is 6.31. The molecule has 2 rings (SSSR count). The molecule has 14 heavy (non-hydrogen) atoms. The Kier molecular flexibility index (Phi) is 2.33. The molecular formula is C10H8ClN3. The van der Waals surface area contributed by atoms with Crippen LogP contribution < -0.4 is 5.73 Å². The molecule has 0 saturated heterocycles. The number of nitrogens with two attached hydrogens (primary N) is 1. The maximum Gasteiger partial charge on any atom is 0.152 e. The van der Waals surface area contributed by atoms with Crippen molar-refractivity contribution in [2.24, 2.45) is 0 Å². The van der Waals surface area contributed by atoms with Gasteiger partial charge < -0.3 is 5.73 Å². The number of hydrogen-bond acceptors (Lipinski definition) is 3. The normalized spacial score (nSPS) is 10.1. The Morgan fingerprint density at radius 3 is 2.43 bits per heavy atom. The molecule has 0 aliphatic rings. The van der Waals surface area contributed by atoms with E-state index in [1.807, 2.05) is 18.2 Å². The summed E-state index contributed by atoms with van der Waals surface area (Å²) in [6, 6.07) is 7.31. The molecular weight excluding hydrogens is 198 g/mol. The van der Waals surface area contributed by atoms with Gasteiger partial charge in [-0.15, -0.1) is 0 Å². The van der Waals surface area contributed by atoms with Crippen LogP contribution in [-0.2, 0) is 0 Å². The molecule has 2 N–H and O–H groups in total. The molecule has 0 fully saturated rings. The van der Waals surface area contributed by atoms with Gasteiger partial charge in [0, 0.05) is 18.0 Å². The van der Waals surface area contributed by atoms with E-state index in [4.69, 9.17) is 17.3 Å². The molecule has 3 nitrogen and oxygen atoms in total. The summed E-state index contributed by atoms with van der Waals surface area (Å²) in [7, 11) is 0. The summed E-state index contributed by atoms with van der Waals surface area (Å²) >= 11 is 5.81. The maximum atomic E-state index is 5.81. The first-order valence-corrected chi connectivity index (χ1v) is 4.47. The molecule has 0 spiro atoms. The highest BCUT2D eigenvalue weighted by Crippen LogP contribution is 2.22. The lowest BCUT2D eigenvalue weighted by atomic mass is 10.2. The summed E-state index contributed by atoms with van der Waals surface area (Å²) < 4.78 is 0. The zero-order valence-electron chi connectivity index (χ0n) is 7.31. The zero-order chi connectivity index (χ0) is 9.97. The number of hydrogen-bond donors (Lipinski definition) is 1. The lowest BCUT2D eigenvalue weighted by molar-refractivity contribution is 1.29. The van der Waals surface area contributed by atoms with Crippen LogP contribution in [0.5, 0.6) is 0 Å². The molecule has 0 atom stereocenters. The van der Waals surface area contributed by atoms with Gasteiger partial charge >= 0.3 is 0 Å². The smallest absolute Gasteiger partial charge is 0.152 e. The van der Waals surface area contributed by atoms with E-state index >= 15 is 0 Å². The fourth-order valence-electron chi connectivity index (χ4n) is 1.13. The summed E-state index contributed by atoms with van der Waals surface area (Å²) in [5.41, 5.74) is 7.82. The van der Waals surface area contributed by atoms with Gasteiger partial charge in [-0.1, -0.05) is 11.6 Å². The second-order valence-electron chi connectivity index (χ2n) is 2.81. The Morgan fingerprint density at radius 1 is 1.07 bits per heavy atom. The van der Waals surface area contributed by atoms with Crippen molar-refractivity contribution in [1.82, 2.24) is 9.97 Å². The fraction of sp³-hybridized carbons (Fsp3) is 0. The van der Waals surface area contributed by atoms with Gasteiger partial charge in [0.1, 0.15) is 0 Å². The molecule has 0 aromatic carbocycles. The van der Waals surface area contributed by atoms with E-state index in [-0.39, 0.29) is 0 Å². The topological polar surface area (TPSA) is 51.8 Å². The number of nitrogen functional groups attached to an aromatic ring is 1. The summed E-state index contributed by atoms with van der Waals surface area (Å²) in [5.74, 6) is 0. The number of pyridine rings is 2. The van der Waals surface area contributed by atoms with Crippen molar-refractivity contribution in [1.29, 1.82) is 0 Å². The Balaban J connectivity index is 2.48. The standard InChI is InChI=1S/C10H8ClN3/c11-10-8(12)1-2-9(14-10)7-3-5-13-6-4-7/h1-6H,12H2. The second-order valence-corrected chi connectivity index (χ2v) is 3.17. The minimum Gasteiger partial charge on any atom is -0.396 e. The van der Waals surface area contributed by atoms with Crippen molar-refractivity contribution < 1.29 is 0 Å². The van der Waals surface area contributed by atoms with Gasteiger partial charge in [-0.3, -0.25) is 4.98 Å². The average Bonchev–Trinajstić information content (AvgIpc) is 2.23. The van der Waals surface area contributed by atoms with Gasteiger partial charge in [0.2, 0.25) is 0 Å². The first-order chi connectivity index (χ1) is 6.77. The van der Waals surface area contributed by atoms with E-state index < -0.39 is 0 Å². The second kappa shape index (κ2) is 3.64. The molecule has 0 aliphatic heterocycles. The van der Waals surface area contributed by atoms with Crippen LogP contribution >= 0.6 is 11.6 Å². The van der Waals surface area contributed by atoms with E-state index in [1.54, 1.807) is 18.5 Å². The third-order valence-corrected chi connectivity index (χ3v) is 2.16. The molecule has 0 unspecified atom stereocenters. The highest BCUT2D eigenvalue weighted by Gasteiger charge is 2.01. The largest absolute Gasteiger partial charge is 0.396 e. The van der Waals surface area contributed by atoms with Crippen LogP contribution in [0.2, 0.25) is 5.15 Å². The van der Waals surface area contributed by atoms with E-state index in [0.29, 0.717) is 10.8 Å². The number of nitrogens with zero attached hydrogens (tertiary/aromatic N) is 2. The summed E-state index contributed by atoms with van der Waals surface area (Å²) in [4.78, 5) is 8.08. The van der Waals surface area contributed by atoms with Crippen LogP contribution in [0.4, 0.5) is 5.69 Å². The van der Waals surface area contributed by atoms with Crippen molar-refractivity contribution in [2.75, 3.05) is 5.73 Å². The van der Waals surface area contributed by atoms with Crippen molar-refractivity contribution in [3.05, 3.63) is 41.8 Å². The predicted molar refractivity (Wildman–Crippen MR) is 56.9 cm³/mol. The van der Waals surface area contributed by atoms with Gasteiger partial charge in [-0.05, 0) is 24.3 Å². The van der Waals surface area contributed by atoms with E-state index in [2.05, 4.69) is 9.97 Å². The molecule has 2 aromatic rings. The Hall–Kier alpha value is -1.61. The molecule has 70 valence electrons. The van der Waals surface area contributed by atoms with Crippen LogP contribution in [0.15, 0.2) is 36.7 Å². The Labute approximate surface area is 86.6 Å². The van der Waals surface area contributed by atoms with Crippen molar-refractivity contribution >= 4 is 17.3 Å². The van der Waals surface area contributed by atoms with Gasteiger partial charge in [0.25, 0.3) is 0 Å². The monoisotopic (exact) mass is 205 g/mol. The highest BCUT2D eigenvalue weighted by atomic mass is 35.5.